The number of carboxylic acid groups (broad SMARTS) is 1. The van der Waals surface area contributed by atoms with Crippen LogP contribution in [0.2, 0.25) is 0 Å². The van der Waals surface area contributed by atoms with E-state index in [4.69, 9.17) is 10.8 Å². The van der Waals surface area contributed by atoms with Gasteiger partial charge < -0.3 is 16.2 Å². The Balaban J connectivity index is 2.72. The molecule has 1 heterocycles. The van der Waals surface area contributed by atoms with Gasteiger partial charge in [0.05, 0.1) is 0 Å². The van der Waals surface area contributed by atoms with Crippen molar-refractivity contribution in [2.45, 2.75) is 57.8 Å². The van der Waals surface area contributed by atoms with E-state index in [9.17, 15) is 9.59 Å². The second-order valence-electron chi connectivity index (χ2n) is 5.42. The fourth-order valence-corrected chi connectivity index (χ4v) is 2.49. The van der Waals surface area contributed by atoms with Crippen LogP contribution >= 0.6 is 0 Å². The number of amides is 1. The summed E-state index contributed by atoms with van der Waals surface area (Å²) in [5, 5.41) is 14.9. The highest BCUT2D eigenvalue weighted by atomic mass is 16.4. The summed E-state index contributed by atoms with van der Waals surface area (Å²) < 4.78 is 0. The molecule has 0 aliphatic carbocycles. The molecule has 1 rings (SSSR count). The van der Waals surface area contributed by atoms with E-state index in [0.29, 0.717) is 12.3 Å². The fraction of sp³-hybridized carbons (Fsp3) is 0.833. The van der Waals surface area contributed by atoms with E-state index in [-0.39, 0.29) is 24.0 Å². The van der Waals surface area contributed by atoms with Crippen LogP contribution in [-0.2, 0) is 9.59 Å². The SMILES string of the molecule is CC(=O)N[C@@H](CC(C)C)[C@@H]1N[C@@H](C(=O)O)C[C@H]1N. The minimum Gasteiger partial charge on any atom is -0.480 e. The Kier molecular flexibility index (Phi) is 5.10. The molecule has 1 fully saturated rings. The van der Waals surface area contributed by atoms with E-state index < -0.39 is 12.0 Å². The first-order valence-corrected chi connectivity index (χ1v) is 6.32. The van der Waals surface area contributed by atoms with Crippen LogP contribution in [0.5, 0.6) is 0 Å². The minimum absolute atomic E-state index is 0.117. The third-order valence-electron chi connectivity index (χ3n) is 3.21. The van der Waals surface area contributed by atoms with Crippen LogP contribution in [0, 0.1) is 5.92 Å². The highest BCUT2D eigenvalue weighted by molar-refractivity contribution is 5.75. The predicted octanol–water partition coefficient (Wildman–Crippen LogP) is -0.320. The topological polar surface area (TPSA) is 104 Å². The molecule has 104 valence electrons. The zero-order chi connectivity index (χ0) is 13.9. The quantitative estimate of drug-likeness (QED) is 0.540. The molecule has 18 heavy (non-hydrogen) atoms. The van der Waals surface area contributed by atoms with Crippen LogP contribution in [0.1, 0.15) is 33.6 Å². The van der Waals surface area contributed by atoms with Crippen molar-refractivity contribution in [1.82, 2.24) is 10.6 Å². The lowest BCUT2D eigenvalue weighted by Crippen LogP contribution is -2.54. The Labute approximate surface area is 107 Å². The molecule has 1 aliphatic heterocycles. The maximum Gasteiger partial charge on any atom is 0.320 e. The molecule has 0 saturated carbocycles. The van der Waals surface area contributed by atoms with Gasteiger partial charge in [0.2, 0.25) is 5.91 Å². The first kappa shape index (κ1) is 14.9. The summed E-state index contributed by atoms with van der Waals surface area (Å²) in [7, 11) is 0. The summed E-state index contributed by atoms with van der Waals surface area (Å²) in [6, 6.07) is -1.17. The van der Waals surface area contributed by atoms with Crippen molar-refractivity contribution in [3.8, 4) is 0 Å². The number of carboxylic acids is 1. The highest BCUT2D eigenvalue weighted by Crippen LogP contribution is 2.19. The third kappa shape index (κ3) is 3.96. The van der Waals surface area contributed by atoms with Gasteiger partial charge in [0.1, 0.15) is 6.04 Å². The van der Waals surface area contributed by atoms with Crippen molar-refractivity contribution < 1.29 is 14.7 Å². The number of aliphatic carboxylic acids is 1. The van der Waals surface area contributed by atoms with Crippen LogP contribution in [0.25, 0.3) is 0 Å². The zero-order valence-corrected chi connectivity index (χ0v) is 11.1. The maximum absolute atomic E-state index is 11.2. The van der Waals surface area contributed by atoms with Gasteiger partial charge in [-0.1, -0.05) is 13.8 Å². The molecule has 6 heteroatoms. The molecule has 1 amide bonds. The number of carbonyl (C=O) groups is 2. The van der Waals surface area contributed by atoms with Gasteiger partial charge in [0.25, 0.3) is 0 Å². The number of nitrogens with two attached hydrogens (primary N) is 1. The van der Waals surface area contributed by atoms with E-state index in [1.807, 2.05) is 0 Å². The van der Waals surface area contributed by atoms with Crippen molar-refractivity contribution in [2.75, 3.05) is 0 Å². The molecule has 5 N–H and O–H groups in total. The van der Waals surface area contributed by atoms with Gasteiger partial charge in [-0.05, 0) is 18.8 Å². The average Bonchev–Trinajstić information content (AvgIpc) is 2.58. The first-order chi connectivity index (χ1) is 8.31. The van der Waals surface area contributed by atoms with E-state index in [1.165, 1.54) is 6.92 Å². The average molecular weight is 257 g/mol. The van der Waals surface area contributed by atoms with Crippen molar-refractivity contribution in [2.24, 2.45) is 11.7 Å². The van der Waals surface area contributed by atoms with Gasteiger partial charge in [-0.25, -0.2) is 0 Å². The van der Waals surface area contributed by atoms with Gasteiger partial charge in [0.15, 0.2) is 0 Å². The number of nitrogens with one attached hydrogen (secondary N) is 2. The van der Waals surface area contributed by atoms with Crippen LogP contribution < -0.4 is 16.4 Å². The van der Waals surface area contributed by atoms with Gasteiger partial charge >= 0.3 is 5.97 Å². The van der Waals surface area contributed by atoms with Crippen molar-refractivity contribution in [3.05, 3.63) is 0 Å². The molecule has 1 aliphatic rings. The zero-order valence-electron chi connectivity index (χ0n) is 11.1. The molecular weight excluding hydrogens is 234 g/mol. The Morgan fingerprint density at radius 1 is 1.50 bits per heavy atom. The monoisotopic (exact) mass is 257 g/mol. The summed E-state index contributed by atoms with van der Waals surface area (Å²) in [4.78, 5) is 22.2. The lowest BCUT2D eigenvalue weighted by atomic mass is 9.94. The molecular formula is C12H23N3O3. The van der Waals surface area contributed by atoms with Crippen molar-refractivity contribution in [1.29, 1.82) is 0 Å². The highest BCUT2D eigenvalue weighted by Gasteiger charge is 2.39. The smallest absolute Gasteiger partial charge is 0.320 e. The lowest BCUT2D eigenvalue weighted by molar-refractivity contribution is -0.139. The summed E-state index contributed by atoms with van der Waals surface area (Å²) >= 11 is 0. The molecule has 1 saturated heterocycles. The van der Waals surface area contributed by atoms with E-state index in [1.54, 1.807) is 0 Å². The first-order valence-electron chi connectivity index (χ1n) is 6.32. The number of carbonyl (C=O) groups excluding carboxylic acids is 1. The summed E-state index contributed by atoms with van der Waals surface area (Å²) in [6.45, 7) is 5.58. The Bertz CT molecular complexity index is 320. The Hall–Kier alpha value is -1.14. The van der Waals surface area contributed by atoms with E-state index >= 15 is 0 Å². The predicted molar refractivity (Wildman–Crippen MR) is 68.0 cm³/mol. The second-order valence-corrected chi connectivity index (χ2v) is 5.42. The summed E-state index contributed by atoms with van der Waals surface area (Å²) in [5.41, 5.74) is 5.98. The van der Waals surface area contributed by atoms with Crippen molar-refractivity contribution >= 4 is 11.9 Å². The van der Waals surface area contributed by atoms with Crippen LogP contribution in [-0.4, -0.2) is 41.2 Å². The lowest BCUT2D eigenvalue weighted by Gasteiger charge is -2.29. The number of rotatable bonds is 5. The molecule has 0 aromatic carbocycles. The molecule has 0 spiro atoms. The van der Waals surface area contributed by atoms with E-state index in [0.717, 1.165) is 6.42 Å². The Morgan fingerprint density at radius 2 is 2.11 bits per heavy atom. The number of hydrogen-bond acceptors (Lipinski definition) is 4. The molecule has 0 radical (unpaired) electrons. The summed E-state index contributed by atoms with van der Waals surface area (Å²) in [5.74, 6) is -0.604. The molecule has 0 aromatic heterocycles. The van der Waals surface area contributed by atoms with Gasteiger partial charge in [-0.15, -0.1) is 0 Å². The summed E-state index contributed by atoms with van der Waals surface area (Å²) in [6.07, 6.45) is 1.17. The normalized spacial score (nSPS) is 29.3. The van der Waals surface area contributed by atoms with Gasteiger partial charge in [-0.2, -0.15) is 0 Å². The maximum atomic E-state index is 11.2. The third-order valence-corrected chi connectivity index (χ3v) is 3.21. The largest absolute Gasteiger partial charge is 0.480 e. The van der Waals surface area contributed by atoms with E-state index in [2.05, 4.69) is 24.5 Å². The fourth-order valence-electron chi connectivity index (χ4n) is 2.49. The van der Waals surface area contributed by atoms with Crippen LogP contribution in [0.4, 0.5) is 0 Å². The van der Waals surface area contributed by atoms with Crippen LogP contribution in [0.3, 0.4) is 0 Å². The van der Waals surface area contributed by atoms with Crippen LogP contribution in [0.15, 0.2) is 0 Å². The Morgan fingerprint density at radius 3 is 2.50 bits per heavy atom. The molecule has 6 nitrogen and oxygen atoms in total. The molecule has 0 aromatic rings. The van der Waals surface area contributed by atoms with Crippen molar-refractivity contribution in [3.63, 3.8) is 0 Å². The standard InChI is InChI=1S/C12H23N3O3/c1-6(2)4-9(14-7(3)16)11-8(13)5-10(15-11)12(17)18/h6,8-11,15H,4-5,13H2,1-3H3,(H,14,16)(H,17,18)/t8-,9+,10-,11-/m1/s1. The molecule has 0 unspecified atom stereocenters. The molecule has 0 bridgehead atoms. The second kappa shape index (κ2) is 6.15. The van der Waals surface area contributed by atoms with Gasteiger partial charge in [0, 0.05) is 25.0 Å². The minimum atomic E-state index is -0.890. The van der Waals surface area contributed by atoms with Gasteiger partial charge in [-0.3, -0.25) is 14.9 Å². The number of hydrogen-bond donors (Lipinski definition) is 4. The molecule has 4 atom stereocenters.